The third-order valence-electron chi connectivity index (χ3n) is 4.34. The Labute approximate surface area is 131 Å². The van der Waals surface area contributed by atoms with E-state index in [1.165, 1.54) is 30.5 Å². The minimum atomic E-state index is -0.289. The van der Waals surface area contributed by atoms with Crippen molar-refractivity contribution in [2.45, 2.75) is 18.8 Å². The quantitative estimate of drug-likeness (QED) is 0.563. The molecule has 0 atom stereocenters. The Balaban J connectivity index is 1.81. The third kappa shape index (κ3) is 2.00. The highest BCUT2D eigenvalue weighted by Crippen LogP contribution is 2.43. The van der Waals surface area contributed by atoms with Crippen LogP contribution in [0.2, 0.25) is 0 Å². The van der Waals surface area contributed by atoms with E-state index in [1.807, 2.05) is 18.2 Å². The predicted molar refractivity (Wildman–Crippen MR) is 85.7 cm³/mol. The van der Waals surface area contributed by atoms with Gasteiger partial charge in [0.2, 0.25) is 0 Å². The van der Waals surface area contributed by atoms with Crippen LogP contribution in [0.4, 0.5) is 4.39 Å². The van der Waals surface area contributed by atoms with Gasteiger partial charge in [0, 0.05) is 10.9 Å². The molecule has 5 rings (SSSR count). The van der Waals surface area contributed by atoms with Gasteiger partial charge in [0.05, 0.1) is 5.52 Å². The molecule has 0 spiro atoms. The highest BCUT2D eigenvalue weighted by atomic mass is 19.1. The standard InChI is InChI=1S/C18H13FN4/c19-13-4-1-3-12(9-13)17-21-18-16-14(11-7-8-11)5-2-6-15(16)20-10-23(18)22-17/h1-6,9-11H,7-8H2. The average Bonchev–Trinajstić information content (AvgIpc) is 3.32. The smallest absolute Gasteiger partial charge is 0.182 e. The van der Waals surface area contributed by atoms with E-state index < -0.39 is 0 Å². The zero-order chi connectivity index (χ0) is 15.4. The van der Waals surface area contributed by atoms with Gasteiger partial charge in [-0.15, -0.1) is 5.10 Å². The van der Waals surface area contributed by atoms with Gasteiger partial charge in [-0.25, -0.2) is 18.9 Å². The van der Waals surface area contributed by atoms with E-state index in [1.54, 1.807) is 16.9 Å². The van der Waals surface area contributed by atoms with Crippen molar-refractivity contribution in [1.82, 2.24) is 19.6 Å². The van der Waals surface area contributed by atoms with Crippen molar-refractivity contribution in [2.24, 2.45) is 0 Å². The maximum absolute atomic E-state index is 13.5. The zero-order valence-corrected chi connectivity index (χ0v) is 12.3. The summed E-state index contributed by atoms with van der Waals surface area (Å²) >= 11 is 0. The fraction of sp³-hybridized carbons (Fsp3) is 0.167. The van der Waals surface area contributed by atoms with Crippen molar-refractivity contribution in [1.29, 1.82) is 0 Å². The first-order valence-electron chi connectivity index (χ1n) is 7.69. The van der Waals surface area contributed by atoms with Crippen LogP contribution in [0.15, 0.2) is 48.8 Å². The maximum atomic E-state index is 13.5. The van der Waals surface area contributed by atoms with Gasteiger partial charge in [-0.2, -0.15) is 0 Å². The number of nitrogens with zero attached hydrogens (tertiary/aromatic N) is 4. The molecule has 0 saturated heterocycles. The Kier molecular flexibility index (Phi) is 2.53. The molecule has 4 aromatic rings. The van der Waals surface area contributed by atoms with E-state index in [4.69, 9.17) is 0 Å². The summed E-state index contributed by atoms with van der Waals surface area (Å²) in [5.41, 5.74) is 3.68. The normalized spacial score (nSPS) is 14.7. The molecule has 1 aliphatic carbocycles. The monoisotopic (exact) mass is 304 g/mol. The molecule has 0 bridgehead atoms. The van der Waals surface area contributed by atoms with E-state index >= 15 is 0 Å². The molecule has 5 heteroatoms. The topological polar surface area (TPSA) is 43.1 Å². The summed E-state index contributed by atoms with van der Waals surface area (Å²) in [5.74, 6) is 0.827. The summed E-state index contributed by atoms with van der Waals surface area (Å²) in [4.78, 5) is 9.16. The Morgan fingerprint density at radius 2 is 1.96 bits per heavy atom. The second-order valence-corrected chi connectivity index (χ2v) is 5.97. The number of aromatic nitrogens is 4. The van der Waals surface area contributed by atoms with Gasteiger partial charge in [0.1, 0.15) is 12.1 Å². The number of halogens is 1. The molecule has 1 fully saturated rings. The lowest BCUT2D eigenvalue weighted by Gasteiger charge is -2.04. The first-order valence-corrected chi connectivity index (χ1v) is 7.69. The molecule has 1 saturated carbocycles. The summed E-state index contributed by atoms with van der Waals surface area (Å²) in [7, 11) is 0. The molecule has 2 aromatic heterocycles. The molecular formula is C18H13FN4. The fourth-order valence-electron chi connectivity index (χ4n) is 3.08. The highest BCUT2D eigenvalue weighted by Gasteiger charge is 2.27. The highest BCUT2D eigenvalue weighted by molar-refractivity contribution is 5.95. The van der Waals surface area contributed by atoms with E-state index in [0.717, 1.165) is 16.6 Å². The summed E-state index contributed by atoms with van der Waals surface area (Å²) < 4.78 is 15.2. The molecule has 112 valence electrons. The van der Waals surface area contributed by atoms with Gasteiger partial charge in [-0.1, -0.05) is 24.3 Å². The zero-order valence-electron chi connectivity index (χ0n) is 12.3. The van der Waals surface area contributed by atoms with Gasteiger partial charge in [0.25, 0.3) is 0 Å². The summed E-state index contributed by atoms with van der Waals surface area (Å²) in [6.45, 7) is 0. The van der Waals surface area contributed by atoms with Crippen molar-refractivity contribution >= 4 is 16.6 Å². The lowest BCUT2D eigenvalue weighted by Crippen LogP contribution is -1.94. The molecule has 2 aromatic carbocycles. The predicted octanol–water partition coefficient (Wildman–Crippen LogP) is 3.96. The van der Waals surface area contributed by atoms with Crippen LogP contribution in [0.3, 0.4) is 0 Å². The van der Waals surface area contributed by atoms with E-state index in [-0.39, 0.29) is 5.82 Å². The molecule has 23 heavy (non-hydrogen) atoms. The van der Waals surface area contributed by atoms with Crippen LogP contribution in [0.1, 0.15) is 24.3 Å². The second kappa shape index (κ2) is 4.59. The van der Waals surface area contributed by atoms with Crippen molar-refractivity contribution < 1.29 is 4.39 Å². The van der Waals surface area contributed by atoms with Crippen molar-refractivity contribution in [2.75, 3.05) is 0 Å². The number of hydrogen-bond donors (Lipinski definition) is 0. The minimum Gasteiger partial charge on any atom is -0.236 e. The maximum Gasteiger partial charge on any atom is 0.182 e. The summed E-state index contributed by atoms with van der Waals surface area (Å²) in [6, 6.07) is 12.5. The molecule has 1 aliphatic rings. The van der Waals surface area contributed by atoms with Gasteiger partial charge in [0.15, 0.2) is 11.5 Å². The third-order valence-corrected chi connectivity index (χ3v) is 4.34. The Morgan fingerprint density at radius 1 is 1.09 bits per heavy atom. The average molecular weight is 304 g/mol. The van der Waals surface area contributed by atoms with E-state index in [9.17, 15) is 4.39 Å². The molecule has 0 N–H and O–H groups in total. The number of rotatable bonds is 2. The van der Waals surface area contributed by atoms with E-state index in [2.05, 4.69) is 21.1 Å². The van der Waals surface area contributed by atoms with Crippen LogP contribution < -0.4 is 0 Å². The van der Waals surface area contributed by atoms with Gasteiger partial charge >= 0.3 is 0 Å². The Bertz CT molecular complexity index is 1050. The first-order chi connectivity index (χ1) is 11.3. The largest absolute Gasteiger partial charge is 0.236 e. The minimum absolute atomic E-state index is 0.289. The van der Waals surface area contributed by atoms with Gasteiger partial charge in [-0.3, -0.25) is 0 Å². The van der Waals surface area contributed by atoms with Crippen LogP contribution in [-0.4, -0.2) is 19.6 Å². The van der Waals surface area contributed by atoms with Gasteiger partial charge in [-0.05, 0) is 42.5 Å². The first kappa shape index (κ1) is 12.7. The molecule has 0 amide bonds. The van der Waals surface area contributed by atoms with Crippen molar-refractivity contribution in [3.8, 4) is 11.4 Å². The lowest BCUT2D eigenvalue weighted by atomic mass is 10.1. The SMILES string of the molecule is Fc1cccc(-c2nc3c4c(C5CC5)cccc4ncn3n2)c1. The second-order valence-electron chi connectivity index (χ2n) is 5.97. The van der Waals surface area contributed by atoms with E-state index in [0.29, 0.717) is 17.3 Å². The lowest BCUT2D eigenvalue weighted by molar-refractivity contribution is 0.628. The molecular weight excluding hydrogens is 291 g/mol. The number of hydrogen-bond acceptors (Lipinski definition) is 3. The van der Waals surface area contributed by atoms with Crippen LogP contribution in [0.5, 0.6) is 0 Å². The van der Waals surface area contributed by atoms with Gasteiger partial charge < -0.3 is 0 Å². The van der Waals surface area contributed by atoms with Crippen LogP contribution in [0.25, 0.3) is 27.9 Å². The fourth-order valence-corrected chi connectivity index (χ4v) is 3.08. The van der Waals surface area contributed by atoms with Crippen molar-refractivity contribution in [3.05, 3.63) is 60.2 Å². The number of fused-ring (bicyclic) bond motifs is 3. The van der Waals surface area contributed by atoms with Crippen LogP contribution in [0, 0.1) is 5.82 Å². The molecule has 0 radical (unpaired) electrons. The summed E-state index contributed by atoms with van der Waals surface area (Å²) in [6.07, 6.45) is 4.10. The van der Waals surface area contributed by atoms with Crippen molar-refractivity contribution in [3.63, 3.8) is 0 Å². The molecule has 4 nitrogen and oxygen atoms in total. The molecule has 0 aliphatic heterocycles. The Hall–Kier alpha value is -2.82. The van der Waals surface area contributed by atoms with Crippen LogP contribution >= 0.6 is 0 Å². The Morgan fingerprint density at radius 3 is 2.78 bits per heavy atom. The molecule has 2 heterocycles. The molecule has 0 unspecified atom stereocenters. The van der Waals surface area contributed by atoms with Crippen LogP contribution in [-0.2, 0) is 0 Å². The summed E-state index contributed by atoms with van der Waals surface area (Å²) in [5, 5.41) is 5.53. The number of benzene rings is 2.